The van der Waals surface area contributed by atoms with Crippen LogP contribution in [0.1, 0.15) is 84.6 Å². The summed E-state index contributed by atoms with van der Waals surface area (Å²) in [5.41, 5.74) is 1.07. The molecule has 3 heteroatoms. The van der Waals surface area contributed by atoms with Crippen LogP contribution >= 0.6 is 0 Å². The molecule has 0 spiro atoms. The Hall–Kier alpha value is -0.771. The SMILES string of the molecule is CCC/C=[C](\C(=O)OCc1ccccc1)[Sn]([CH2]CCC)([CH2]CCC)[CH2]CCC. The molecule has 28 heavy (non-hydrogen) atoms. The molecule has 0 saturated carbocycles. The van der Waals surface area contributed by atoms with Crippen LogP contribution in [0.15, 0.2) is 40.0 Å². The van der Waals surface area contributed by atoms with Crippen molar-refractivity contribution in [3.8, 4) is 0 Å². The molecule has 0 atom stereocenters. The summed E-state index contributed by atoms with van der Waals surface area (Å²) in [6.45, 7) is 9.42. The van der Waals surface area contributed by atoms with Gasteiger partial charge in [-0.15, -0.1) is 0 Å². The van der Waals surface area contributed by atoms with Gasteiger partial charge in [0.1, 0.15) is 0 Å². The summed E-state index contributed by atoms with van der Waals surface area (Å²) in [6.07, 6.45) is 11.8. The monoisotopic (exact) mass is 494 g/mol. The molecule has 0 bridgehead atoms. The van der Waals surface area contributed by atoms with Crippen molar-refractivity contribution in [2.24, 2.45) is 0 Å². The molecule has 0 radical (unpaired) electrons. The van der Waals surface area contributed by atoms with E-state index < -0.39 is 18.4 Å². The summed E-state index contributed by atoms with van der Waals surface area (Å²) >= 11 is -2.77. The van der Waals surface area contributed by atoms with Gasteiger partial charge in [0.15, 0.2) is 0 Å². The van der Waals surface area contributed by atoms with E-state index in [1.807, 2.05) is 30.3 Å². The molecule has 0 aliphatic heterocycles. The van der Waals surface area contributed by atoms with Gasteiger partial charge in [0.25, 0.3) is 0 Å². The summed E-state index contributed by atoms with van der Waals surface area (Å²) in [5, 5.41) is 0. The Labute approximate surface area is 178 Å². The Bertz CT molecular complexity index is 543. The van der Waals surface area contributed by atoms with Crippen molar-refractivity contribution in [1.82, 2.24) is 0 Å². The number of hydrogen-bond donors (Lipinski definition) is 0. The van der Waals surface area contributed by atoms with Crippen LogP contribution in [0, 0.1) is 0 Å². The van der Waals surface area contributed by atoms with Gasteiger partial charge in [-0.25, -0.2) is 0 Å². The number of hydrogen-bond acceptors (Lipinski definition) is 2. The molecule has 1 aromatic rings. The molecule has 1 aromatic carbocycles. The third-order valence-corrected chi connectivity index (χ3v) is 21.3. The average molecular weight is 493 g/mol. The van der Waals surface area contributed by atoms with Gasteiger partial charge in [0.2, 0.25) is 0 Å². The quantitative estimate of drug-likeness (QED) is 0.141. The third kappa shape index (κ3) is 8.71. The number of carbonyl (C=O) groups excluding carboxylic acids is 1. The van der Waals surface area contributed by atoms with Gasteiger partial charge >= 0.3 is 178 Å². The van der Waals surface area contributed by atoms with Crippen LogP contribution < -0.4 is 0 Å². The summed E-state index contributed by atoms with van der Waals surface area (Å²) < 4.78 is 11.0. The van der Waals surface area contributed by atoms with E-state index in [4.69, 9.17) is 4.74 Å². The van der Waals surface area contributed by atoms with Crippen LogP contribution in [0.25, 0.3) is 0 Å². The summed E-state index contributed by atoms with van der Waals surface area (Å²) in [6, 6.07) is 10.1. The van der Waals surface area contributed by atoms with Crippen molar-refractivity contribution in [2.45, 2.75) is 99.0 Å². The van der Waals surface area contributed by atoms with Crippen molar-refractivity contribution in [1.29, 1.82) is 0 Å². The Morgan fingerprint density at radius 3 is 1.86 bits per heavy atom. The molecular weight excluding hydrogens is 451 g/mol. The van der Waals surface area contributed by atoms with Gasteiger partial charge in [0, 0.05) is 0 Å². The fourth-order valence-electron chi connectivity index (χ4n) is 3.93. The summed E-state index contributed by atoms with van der Waals surface area (Å²) in [5.74, 6) is -0.00332. The minimum absolute atomic E-state index is 0.00332. The van der Waals surface area contributed by atoms with Crippen LogP contribution in [-0.2, 0) is 16.1 Å². The van der Waals surface area contributed by atoms with Crippen LogP contribution in [0.5, 0.6) is 0 Å². The number of rotatable bonds is 15. The van der Waals surface area contributed by atoms with Crippen molar-refractivity contribution in [3.05, 3.63) is 45.6 Å². The van der Waals surface area contributed by atoms with Crippen LogP contribution in [0.2, 0.25) is 13.3 Å². The maximum atomic E-state index is 13.3. The summed E-state index contributed by atoms with van der Waals surface area (Å²) in [4.78, 5) is 13.3. The van der Waals surface area contributed by atoms with E-state index in [1.54, 1.807) is 0 Å². The summed E-state index contributed by atoms with van der Waals surface area (Å²) in [7, 11) is 0. The number of carbonyl (C=O) groups is 1. The first-order valence-electron chi connectivity index (χ1n) is 11.5. The second kappa shape index (κ2) is 15.1. The van der Waals surface area contributed by atoms with E-state index in [0.717, 1.165) is 18.4 Å². The van der Waals surface area contributed by atoms with Crippen LogP contribution in [0.3, 0.4) is 0 Å². The number of benzene rings is 1. The molecule has 0 unspecified atom stereocenters. The van der Waals surface area contributed by atoms with Crippen molar-refractivity contribution >= 4 is 24.3 Å². The zero-order valence-corrected chi connectivity index (χ0v) is 21.6. The second-order valence-corrected chi connectivity index (χ2v) is 21.2. The second-order valence-electron chi connectivity index (χ2n) is 8.06. The molecule has 1 rings (SSSR count). The topological polar surface area (TPSA) is 26.3 Å². The minimum atomic E-state index is -2.77. The van der Waals surface area contributed by atoms with Gasteiger partial charge in [-0.2, -0.15) is 0 Å². The molecule has 0 aliphatic rings. The number of ether oxygens (including phenoxy) is 1. The van der Waals surface area contributed by atoms with Crippen LogP contribution in [0.4, 0.5) is 0 Å². The van der Waals surface area contributed by atoms with E-state index in [9.17, 15) is 4.79 Å². The zero-order valence-electron chi connectivity index (χ0n) is 18.8. The molecule has 2 nitrogen and oxygen atoms in total. The molecule has 0 N–H and O–H groups in total. The molecule has 158 valence electrons. The Kier molecular flexibility index (Phi) is 13.6. The fraction of sp³-hybridized carbons (Fsp3) is 0.640. The van der Waals surface area contributed by atoms with Gasteiger partial charge < -0.3 is 0 Å². The molecule has 0 amide bonds. The predicted molar refractivity (Wildman–Crippen MR) is 124 cm³/mol. The molecule has 0 fully saturated rings. The predicted octanol–water partition coefficient (Wildman–Crippen LogP) is 7.84. The third-order valence-electron chi connectivity index (χ3n) is 5.67. The number of esters is 1. The van der Waals surface area contributed by atoms with E-state index in [-0.39, 0.29) is 5.97 Å². The average Bonchev–Trinajstić information content (AvgIpc) is 2.73. The van der Waals surface area contributed by atoms with Crippen molar-refractivity contribution in [3.63, 3.8) is 0 Å². The molecule has 0 aliphatic carbocycles. The zero-order chi connectivity index (χ0) is 20.7. The molecule has 0 heterocycles. The van der Waals surface area contributed by atoms with E-state index in [2.05, 4.69) is 33.8 Å². The van der Waals surface area contributed by atoms with Gasteiger partial charge in [0.05, 0.1) is 0 Å². The molecule has 0 aromatic heterocycles. The van der Waals surface area contributed by atoms with Crippen molar-refractivity contribution < 1.29 is 9.53 Å². The first-order valence-corrected chi connectivity index (χ1v) is 19.0. The number of allylic oxidation sites excluding steroid dienone is 1. The maximum absolute atomic E-state index is 13.3. The van der Waals surface area contributed by atoms with E-state index in [1.165, 1.54) is 55.4 Å². The fourth-order valence-corrected chi connectivity index (χ4v) is 20.3. The first kappa shape index (κ1) is 25.3. The van der Waals surface area contributed by atoms with Gasteiger partial charge in [-0.1, -0.05) is 0 Å². The Morgan fingerprint density at radius 1 is 0.857 bits per heavy atom. The number of unbranched alkanes of at least 4 members (excludes halogenated alkanes) is 4. The molecule has 0 saturated heterocycles. The van der Waals surface area contributed by atoms with Crippen molar-refractivity contribution in [2.75, 3.05) is 0 Å². The standard InChI is InChI=1S/C13H15O2.3C4H9.Sn/c1-2-3-5-10-13(14)15-11-12-8-6-4-7-9-12;3*1-3-4-2;/h4-9H,2-3,11H2,1H3;3*1,3-4H2,2H3;. The first-order chi connectivity index (χ1) is 13.6. The van der Waals surface area contributed by atoms with E-state index in [0.29, 0.717) is 6.61 Å². The van der Waals surface area contributed by atoms with Gasteiger partial charge in [-0.3, -0.25) is 0 Å². The molecular formula is C25H42O2Sn. The Balaban J connectivity index is 3.12. The Morgan fingerprint density at radius 2 is 1.39 bits per heavy atom. The van der Waals surface area contributed by atoms with Crippen LogP contribution in [-0.4, -0.2) is 24.3 Å². The van der Waals surface area contributed by atoms with E-state index >= 15 is 0 Å². The van der Waals surface area contributed by atoms with Gasteiger partial charge in [-0.05, 0) is 0 Å². The normalized spacial score (nSPS) is 12.2.